The van der Waals surface area contributed by atoms with Gasteiger partial charge in [-0.25, -0.2) is 9.97 Å². The number of amides is 1. The van der Waals surface area contributed by atoms with E-state index in [1.807, 2.05) is 58.8 Å². The third-order valence-corrected chi connectivity index (χ3v) is 5.54. The van der Waals surface area contributed by atoms with E-state index in [0.29, 0.717) is 18.8 Å². The van der Waals surface area contributed by atoms with E-state index in [4.69, 9.17) is 0 Å². The number of benzene rings is 2. The van der Waals surface area contributed by atoms with Crippen molar-refractivity contribution in [1.82, 2.24) is 24.3 Å². The van der Waals surface area contributed by atoms with E-state index >= 15 is 0 Å². The van der Waals surface area contributed by atoms with Gasteiger partial charge in [0.1, 0.15) is 11.3 Å². The van der Waals surface area contributed by atoms with E-state index in [2.05, 4.69) is 51.4 Å². The quantitative estimate of drug-likeness (QED) is 0.425. The Hall–Kier alpha value is -4.19. The van der Waals surface area contributed by atoms with Crippen LogP contribution in [0.5, 0.6) is 0 Å². The number of nitrogens with zero attached hydrogens (tertiary/aromatic N) is 4. The monoisotopic (exact) mass is 421 g/mol. The van der Waals surface area contributed by atoms with Gasteiger partial charge >= 0.3 is 0 Å². The van der Waals surface area contributed by atoms with E-state index in [9.17, 15) is 4.79 Å². The summed E-state index contributed by atoms with van der Waals surface area (Å²) in [6.45, 7) is 2.79. The normalized spacial score (nSPS) is 11.0. The number of hydrogen-bond donors (Lipinski definition) is 1. The summed E-state index contributed by atoms with van der Waals surface area (Å²) in [6.07, 6.45) is 5.26. The Morgan fingerprint density at radius 3 is 2.44 bits per heavy atom. The van der Waals surface area contributed by atoms with E-state index in [0.717, 1.165) is 28.2 Å². The molecule has 6 nitrogen and oxygen atoms in total. The Labute approximate surface area is 186 Å². The molecule has 1 amide bonds. The van der Waals surface area contributed by atoms with Crippen molar-refractivity contribution < 1.29 is 4.79 Å². The van der Waals surface area contributed by atoms with E-state index < -0.39 is 0 Å². The summed E-state index contributed by atoms with van der Waals surface area (Å²) in [7, 11) is 0. The topological polar surface area (TPSA) is 66.3 Å². The van der Waals surface area contributed by atoms with Crippen LogP contribution >= 0.6 is 0 Å². The van der Waals surface area contributed by atoms with Crippen LogP contribution in [-0.2, 0) is 13.1 Å². The number of aromatic amines is 1. The van der Waals surface area contributed by atoms with Gasteiger partial charge < -0.3 is 9.88 Å². The van der Waals surface area contributed by atoms with Crippen molar-refractivity contribution in [2.24, 2.45) is 0 Å². The van der Waals surface area contributed by atoms with E-state index in [1.54, 1.807) is 12.5 Å². The van der Waals surface area contributed by atoms with E-state index in [-0.39, 0.29) is 5.91 Å². The predicted octanol–water partition coefficient (Wildman–Crippen LogP) is 4.88. The van der Waals surface area contributed by atoms with Crippen molar-refractivity contribution in [3.63, 3.8) is 0 Å². The predicted molar refractivity (Wildman–Crippen MR) is 124 cm³/mol. The molecule has 0 aliphatic rings. The van der Waals surface area contributed by atoms with Crippen LogP contribution in [0.2, 0.25) is 0 Å². The molecule has 0 bridgehead atoms. The molecule has 0 aliphatic heterocycles. The Morgan fingerprint density at radius 1 is 0.938 bits per heavy atom. The fourth-order valence-electron chi connectivity index (χ4n) is 3.95. The standard InChI is InChI=1S/C26H23N5O/c1-19-25(31-14-6-5-9-24(31)29-19)26(32)30(17-23-15-27-18-28-23)16-20-10-12-22(13-11-20)21-7-3-2-4-8-21/h2-15,18H,16-17H2,1H3,(H,27,28). The number of nitrogens with one attached hydrogen (secondary N) is 1. The molecular formula is C26H23N5O. The van der Waals surface area contributed by atoms with Crippen LogP contribution in [-0.4, -0.2) is 30.2 Å². The molecule has 0 saturated carbocycles. The summed E-state index contributed by atoms with van der Waals surface area (Å²) in [5.74, 6) is -0.0667. The lowest BCUT2D eigenvalue weighted by atomic mass is 10.0. The maximum Gasteiger partial charge on any atom is 0.273 e. The number of carbonyl (C=O) groups is 1. The van der Waals surface area contributed by atoms with Crippen LogP contribution in [0.25, 0.3) is 16.8 Å². The van der Waals surface area contributed by atoms with Gasteiger partial charge in [0.15, 0.2) is 0 Å². The lowest BCUT2D eigenvalue weighted by molar-refractivity contribution is 0.0720. The fraction of sp³-hybridized carbons (Fsp3) is 0.115. The Kier molecular flexibility index (Phi) is 5.25. The molecule has 32 heavy (non-hydrogen) atoms. The molecule has 0 fully saturated rings. The summed E-state index contributed by atoms with van der Waals surface area (Å²) >= 11 is 0. The number of H-pyrrole nitrogens is 1. The Bertz CT molecular complexity index is 1340. The maximum absolute atomic E-state index is 13.7. The maximum atomic E-state index is 13.7. The number of carbonyl (C=O) groups excluding carboxylic acids is 1. The highest BCUT2D eigenvalue weighted by molar-refractivity contribution is 5.94. The molecule has 2 aromatic carbocycles. The number of imidazole rings is 2. The van der Waals surface area contributed by atoms with Crippen LogP contribution < -0.4 is 0 Å². The highest BCUT2D eigenvalue weighted by Gasteiger charge is 2.23. The first-order valence-electron chi connectivity index (χ1n) is 10.5. The Morgan fingerprint density at radius 2 is 1.69 bits per heavy atom. The minimum atomic E-state index is -0.0667. The molecule has 0 unspecified atom stereocenters. The minimum absolute atomic E-state index is 0.0667. The molecule has 0 saturated heterocycles. The third kappa shape index (κ3) is 3.90. The molecule has 0 radical (unpaired) electrons. The second kappa shape index (κ2) is 8.51. The van der Waals surface area contributed by atoms with Gasteiger partial charge in [0.25, 0.3) is 5.91 Å². The van der Waals surface area contributed by atoms with Gasteiger partial charge in [0, 0.05) is 18.9 Å². The average Bonchev–Trinajstić information content (AvgIpc) is 3.46. The molecule has 1 N–H and O–H groups in total. The number of rotatable bonds is 6. The van der Waals surface area contributed by atoms with Gasteiger partial charge in [0.05, 0.1) is 24.3 Å². The van der Waals surface area contributed by atoms with Crippen LogP contribution in [0, 0.1) is 6.92 Å². The smallest absolute Gasteiger partial charge is 0.273 e. The lowest BCUT2D eigenvalue weighted by Gasteiger charge is -2.22. The molecule has 6 heteroatoms. The van der Waals surface area contributed by atoms with Crippen molar-refractivity contribution in [1.29, 1.82) is 0 Å². The SMILES string of the molecule is Cc1nc2ccccn2c1C(=O)N(Cc1ccc(-c2ccccc2)cc1)Cc1cnc[nH]1. The largest absolute Gasteiger partial charge is 0.347 e. The second-order valence-electron chi connectivity index (χ2n) is 7.78. The summed E-state index contributed by atoms with van der Waals surface area (Å²) < 4.78 is 1.86. The summed E-state index contributed by atoms with van der Waals surface area (Å²) in [6, 6.07) is 24.4. The minimum Gasteiger partial charge on any atom is -0.347 e. The zero-order valence-corrected chi connectivity index (χ0v) is 17.8. The summed E-state index contributed by atoms with van der Waals surface area (Å²) in [5, 5.41) is 0. The van der Waals surface area contributed by atoms with Crippen LogP contribution in [0.1, 0.15) is 27.4 Å². The molecule has 5 rings (SSSR count). The highest BCUT2D eigenvalue weighted by atomic mass is 16.2. The van der Waals surface area contributed by atoms with Crippen molar-refractivity contribution >= 4 is 11.6 Å². The lowest BCUT2D eigenvalue weighted by Crippen LogP contribution is -2.31. The number of aromatic nitrogens is 4. The number of fused-ring (bicyclic) bond motifs is 1. The molecule has 0 aliphatic carbocycles. The zero-order valence-electron chi connectivity index (χ0n) is 17.8. The highest BCUT2D eigenvalue weighted by Crippen LogP contribution is 2.22. The molecule has 0 atom stereocenters. The van der Waals surface area contributed by atoms with Gasteiger partial charge in [-0.1, -0.05) is 60.7 Å². The van der Waals surface area contributed by atoms with Crippen molar-refractivity contribution in [2.45, 2.75) is 20.0 Å². The summed E-state index contributed by atoms with van der Waals surface area (Å²) in [5.41, 5.74) is 6.33. The Balaban J connectivity index is 1.46. The molecule has 5 aromatic rings. The fourth-order valence-corrected chi connectivity index (χ4v) is 3.95. The van der Waals surface area contributed by atoms with Crippen molar-refractivity contribution in [2.75, 3.05) is 0 Å². The number of hydrogen-bond acceptors (Lipinski definition) is 3. The number of pyridine rings is 1. The van der Waals surface area contributed by atoms with Crippen molar-refractivity contribution in [3.8, 4) is 11.1 Å². The summed E-state index contributed by atoms with van der Waals surface area (Å²) in [4.78, 5) is 27.3. The zero-order chi connectivity index (χ0) is 21.9. The molecule has 3 heterocycles. The van der Waals surface area contributed by atoms with Gasteiger partial charge in [-0.05, 0) is 35.7 Å². The molecule has 0 spiro atoms. The van der Waals surface area contributed by atoms with Crippen molar-refractivity contribution in [3.05, 3.63) is 114 Å². The van der Waals surface area contributed by atoms with Crippen LogP contribution in [0.15, 0.2) is 91.5 Å². The van der Waals surface area contributed by atoms with E-state index in [1.165, 1.54) is 5.56 Å². The molecule has 158 valence electrons. The first-order chi connectivity index (χ1) is 15.7. The van der Waals surface area contributed by atoms with Crippen LogP contribution in [0.4, 0.5) is 0 Å². The first-order valence-corrected chi connectivity index (χ1v) is 10.5. The number of aryl methyl sites for hydroxylation is 1. The van der Waals surface area contributed by atoms with Crippen LogP contribution in [0.3, 0.4) is 0 Å². The molecule has 3 aromatic heterocycles. The molecular weight excluding hydrogens is 398 g/mol. The second-order valence-corrected chi connectivity index (χ2v) is 7.78. The van der Waals surface area contributed by atoms with Gasteiger partial charge in [-0.2, -0.15) is 0 Å². The van der Waals surface area contributed by atoms with Gasteiger partial charge in [-0.3, -0.25) is 9.20 Å². The average molecular weight is 422 g/mol. The third-order valence-electron chi connectivity index (χ3n) is 5.54. The van der Waals surface area contributed by atoms with Gasteiger partial charge in [0.2, 0.25) is 0 Å². The van der Waals surface area contributed by atoms with Gasteiger partial charge in [-0.15, -0.1) is 0 Å². The first kappa shape index (κ1) is 19.8.